The lowest BCUT2D eigenvalue weighted by atomic mass is 9.89. The minimum Gasteiger partial charge on any atom is -0.505 e. The first-order valence-corrected chi connectivity index (χ1v) is 21.7. The normalized spacial score (nSPS) is 21.5. The molecule has 0 bridgehead atoms. The minimum absolute atomic E-state index is 0.00916. The van der Waals surface area contributed by atoms with Crippen LogP contribution in [-0.4, -0.2) is 117 Å². The fraction of sp³-hybridized carbons (Fsp3) is 0.429. The summed E-state index contributed by atoms with van der Waals surface area (Å²) >= 11 is 0. The Morgan fingerprint density at radius 1 is 1.05 bits per heavy atom. The van der Waals surface area contributed by atoms with E-state index < -0.39 is 75.6 Å². The van der Waals surface area contributed by atoms with Gasteiger partial charge in [0.1, 0.15) is 23.2 Å². The van der Waals surface area contributed by atoms with E-state index in [9.17, 15) is 32.1 Å². The van der Waals surface area contributed by atoms with E-state index in [0.717, 1.165) is 16.0 Å². The van der Waals surface area contributed by atoms with Gasteiger partial charge < -0.3 is 35.7 Å². The standard InChI is InChI=1S/C42H56N10O10S/c1-9-12-34(44-25(2)3)48-39(55)36-47-35(23-50(36)7)49-62-42(19-20-60-8)24-52(40(63(57,58)59)33-21-29-13-10-11-14-30(29)22-51(33)28(42)6)41(56)61-32-17-15-31(16-18-32)46-38(54)27(5)45-37(53)26(4)43/h9-20,23,25-28,33,40,49H,21-22,24,43H2,1-8H3,(H,45,53)(H,46,54)(H,44,48,55)(H,57,58,59)/b12-9-,20-19+/t26-,27-,28?,33+,40?,42?/m1/s1. The van der Waals surface area contributed by atoms with Gasteiger partial charge in [0.15, 0.2) is 11.2 Å². The average molecular weight is 893 g/mol. The van der Waals surface area contributed by atoms with Crippen molar-refractivity contribution in [3.8, 4) is 5.75 Å². The van der Waals surface area contributed by atoms with Gasteiger partial charge in [0.05, 0.1) is 38.2 Å². The van der Waals surface area contributed by atoms with E-state index in [-0.39, 0.29) is 36.4 Å². The molecule has 340 valence electrons. The van der Waals surface area contributed by atoms with Crippen LogP contribution in [0.4, 0.5) is 16.3 Å². The first-order valence-electron chi connectivity index (χ1n) is 20.2. The fourth-order valence-electron chi connectivity index (χ4n) is 7.31. The van der Waals surface area contributed by atoms with Crippen molar-refractivity contribution in [2.75, 3.05) is 24.5 Å². The Morgan fingerprint density at radius 3 is 2.35 bits per heavy atom. The molecule has 0 spiro atoms. The zero-order valence-corrected chi connectivity index (χ0v) is 37.3. The molecule has 6 atom stereocenters. The molecule has 0 aliphatic carbocycles. The van der Waals surface area contributed by atoms with Crippen molar-refractivity contribution in [3.05, 3.63) is 96.2 Å². The summed E-state index contributed by atoms with van der Waals surface area (Å²) in [6.45, 7) is 10.0. The molecule has 3 aromatic rings. The molecule has 0 saturated carbocycles. The lowest BCUT2D eigenvalue weighted by Gasteiger charge is -2.45. The Bertz CT molecular complexity index is 2350. The Kier molecular flexibility index (Phi) is 15.5. The van der Waals surface area contributed by atoms with Crippen LogP contribution in [0.15, 0.2) is 84.2 Å². The monoisotopic (exact) mass is 892 g/mol. The molecule has 20 nitrogen and oxygen atoms in total. The smallest absolute Gasteiger partial charge is 0.416 e. The molecule has 2 aliphatic heterocycles. The van der Waals surface area contributed by atoms with Gasteiger partial charge in [0.2, 0.25) is 17.6 Å². The van der Waals surface area contributed by atoms with Crippen LogP contribution in [0, 0.1) is 0 Å². The minimum atomic E-state index is -5.05. The number of nitrogens with zero attached hydrogens (tertiary/aromatic N) is 5. The molecule has 2 aromatic carbocycles. The zero-order chi connectivity index (χ0) is 46.2. The summed E-state index contributed by atoms with van der Waals surface area (Å²) in [5, 5.41) is 6.06. The third-order valence-corrected chi connectivity index (χ3v) is 11.7. The number of aryl methyl sites for hydroxylation is 1. The van der Waals surface area contributed by atoms with Crippen molar-refractivity contribution in [1.82, 2.24) is 30.0 Å². The van der Waals surface area contributed by atoms with E-state index in [2.05, 4.69) is 31.4 Å². The number of nitrogens with two attached hydrogens (primary N) is 1. The topological polar surface area (TPSA) is 261 Å². The molecule has 1 saturated heterocycles. The van der Waals surface area contributed by atoms with Crippen molar-refractivity contribution in [3.63, 3.8) is 0 Å². The molecule has 1 aromatic heterocycles. The number of amidine groups is 1. The molecule has 4 amide bonds. The van der Waals surface area contributed by atoms with Crippen molar-refractivity contribution in [2.45, 2.75) is 95.7 Å². The number of carbonyl (C=O) groups is 4. The van der Waals surface area contributed by atoms with Crippen LogP contribution < -0.4 is 31.9 Å². The molecule has 3 heterocycles. The summed E-state index contributed by atoms with van der Waals surface area (Å²) in [6.07, 6.45) is 6.74. The first kappa shape index (κ1) is 47.9. The molecule has 1 fully saturated rings. The van der Waals surface area contributed by atoms with Crippen molar-refractivity contribution < 1.29 is 46.5 Å². The largest absolute Gasteiger partial charge is 0.505 e. The number of carbonyl (C=O) groups excluding carboxylic acids is 4. The molecule has 63 heavy (non-hydrogen) atoms. The van der Waals surface area contributed by atoms with Gasteiger partial charge >= 0.3 is 6.09 Å². The highest BCUT2D eigenvalue weighted by Crippen LogP contribution is 2.39. The summed E-state index contributed by atoms with van der Waals surface area (Å²) in [5.41, 5.74) is 8.79. The number of hydrogen-bond acceptors (Lipinski definition) is 14. The highest BCUT2D eigenvalue weighted by atomic mass is 32.2. The third kappa shape index (κ3) is 11.7. The van der Waals surface area contributed by atoms with E-state index in [1.54, 1.807) is 33.0 Å². The summed E-state index contributed by atoms with van der Waals surface area (Å²) in [7, 11) is -2.03. The fourth-order valence-corrected chi connectivity index (χ4v) is 8.44. The van der Waals surface area contributed by atoms with Gasteiger partial charge in [-0.05, 0) is 95.5 Å². The Balaban J connectivity index is 1.50. The zero-order valence-electron chi connectivity index (χ0n) is 36.4. The van der Waals surface area contributed by atoms with Gasteiger partial charge in [-0.15, -0.1) is 0 Å². The van der Waals surface area contributed by atoms with E-state index >= 15 is 0 Å². The number of ether oxygens (including phenoxy) is 2. The van der Waals surface area contributed by atoms with Gasteiger partial charge in [0.25, 0.3) is 16.0 Å². The second kappa shape index (κ2) is 20.4. The number of fused-ring (bicyclic) bond motifs is 2. The van der Waals surface area contributed by atoms with Crippen LogP contribution in [0.3, 0.4) is 0 Å². The quantitative estimate of drug-likeness (QED) is 0.0447. The van der Waals surface area contributed by atoms with E-state index in [1.165, 1.54) is 68.3 Å². The summed E-state index contributed by atoms with van der Waals surface area (Å²) in [6, 6.07) is 9.55. The number of amides is 4. The van der Waals surface area contributed by atoms with Gasteiger partial charge in [-0.2, -0.15) is 8.42 Å². The average Bonchev–Trinajstić information content (AvgIpc) is 3.56. The van der Waals surface area contributed by atoms with Gasteiger partial charge in [-0.1, -0.05) is 30.3 Å². The van der Waals surface area contributed by atoms with Crippen LogP contribution in [0.25, 0.3) is 0 Å². The number of anilines is 2. The molecule has 5 rings (SSSR count). The van der Waals surface area contributed by atoms with Gasteiger partial charge in [-0.3, -0.25) is 38.6 Å². The Morgan fingerprint density at radius 2 is 1.73 bits per heavy atom. The summed E-state index contributed by atoms with van der Waals surface area (Å²) in [4.78, 5) is 70.7. The maximum atomic E-state index is 14.5. The van der Waals surface area contributed by atoms with Crippen LogP contribution in [0.5, 0.6) is 5.75 Å². The maximum Gasteiger partial charge on any atom is 0.416 e. The number of hydrogen-bond donors (Lipinski definition) is 6. The van der Waals surface area contributed by atoms with E-state index in [4.69, 9.17) is 20.0 Å². The second-order valence-corrected chi connectivity index (χ2v) is 17.2. The first-order chi connectivity index (χ1) is 29.8. The van der Waals surface area contributed by atoms with Crippen molar-refractivity contribution in [2.24, 2.45) is 17.8 Å². The number of aromatic nitrogens is 2. The van der Waals surface area contributed by atoms with Crippen LogP contribution in [-0.2, 0) is 49.3 Å². The van der Waals surface area contributed by atoms with Crippen molar-refractivity contribution >= 4 is 51.3 Å². The highest BCUT2D eigenvalue weighted by molar-refractivity contribution is 7.86. The molecular formula is C42H56N10O10S. The predicted molar refractivity (Wildman–Crippen MR) is 235 cm³/mol. The predicted octanol–water partition coefficient (Wildman–Crippen LogP) is 3.11. The van der Waals surface area contributed by atoms with Gasteiger partial charge in [-0.25, -0.2) is 15.3 Å². The molecule has 7 N–H and O–H groups in total. The summed E-state index contributed by atoms with van der Waals surface area (Å²) < 4.78 is 50.9. The molecular weight excluding hydrogens is 837 g/mol. The number of aliphatic imine (C=N–C) groups is 1. The highest BCUT2D eigenvalue weighted by Gasteiger charge is 2.56. The number of methoxy groups -OCH3 is 1. The second-order valence-electron chi connectivity index (χ2n) is 15.6. The maximum absolute atomic E-state index is 14.5. The molecule has 21 heteroatoms. The lowest BCUT2D eigenvalue weighted by Crippen LogP contribution is -2.58. The lowest BCUT2D eigenvalue weighted by molar-refractivity contribution is -0.126. The summed E-state index contributed by atoms with van der Waals surface area (Å²) in [5.74, 6) is -1.16. The molecule has 3 unspecified atom stereocenters. The Labute approximate surface area is 366 Å². The Hall–Kier alpha value is -6.13. The van der Waals surface area contributed by atoms with E-state index in [1.807, 2.05) is 43.0 Å². The number of nitrogens with one attached hydrogen (secondary N) is 4. The van der Waals surface area contributed by atoms with E-state index in [0.29, 0.717) is 11.5 Å². The van der Waals surface area contributed by atoms with Crippen LogP contribution >= 0.6 is 0 Å². The van der Waals surface area contributed by atoms with Crippen LogP contribution in [0.2, 0.25) is 0 Å². The number of benzene rings is 2. The SMILES string of the molecule is C/C=C\C(=NC(C)C)NC(=O)c1nc(NOC2(/C=C/OC)CN(C(=O)Oc3ccc(NC(=O)[C@@H](C)NC(=O)[C@@H](C)N)cc3)C(S(=O)(=O)O)[C@@H]3Cc4ccccc4CN3C2C)cn1C. The molecule has 2 aliphatic rings. The van der Waals surface area contributed by atoms with Gasteiger partial charge in [0, 0.05) is 31.4 Å². The van der Waals surface area contributed by atoms with Crippen molar-refractivity contribution in [1.29, 1.82) is 0 Å². The number of allylic oxidation sites excluding steroid dienone is 1. The third-order valence-electron chi connectivity index (χ3n) is 10.5. The number of rotatable bonds is 14. The number of imidazole rings is 1. The van der Waals surface area contributed by atoms with Crippen LogP contribution in [0.1, 0.15) is 63.3 Å². The molecule has 0 radical (unpaired) electrons.